The van der Waals surface area contributed by atoms with Crippen molar-refractivity contribution in [1.29, 1.82) is 0 Å². The lowest BCUT2D eigenvalue weighted by Crippen LogP contribution is -2.41. The Bertz CT molecular complexity index is 1000. The van der Waals surface area contributed by atoms with E-state index in [0.717, 1.165) is 16.8 Å². The van der Waals surface area contributed by atoms with Crippen LogP contribution in [0, 0.1) is 11.6 Å². The van der Waals surface area contributed by atoms with Crippen molar-refractivity contribution in [2.24, 2.45) is 0 Å². The largest absolute Gasteiger partial charge is 0.322 e. The third kappa shape index (κ3) is 3.50. The van der Waals surface area contributed by atoms with Crippen molar-refractivity contribution in [3.63, 3.8) is 0 Å². The molecule has 2 aromatic carbocycles. The van der Waals surface area contributed by atoms with Crippen LogP contribution in [0.4, 0.5) is 19.3 Å². The molecule has 0 unspecified atom stereocenters. The minimum Gasteiger partial charge on any atom is -0.317 e. The maximum atomic E-state index is 13.6. The van der Waals surface area contributed by atoms with Crippen molar-refractivity contribution in [1.82, 2.24) is 14.7 Å². The maximum Gasteiger partial charge on any atom is 0.322 e. The number of fused-ring (bicyclic) bond motifs is 1. The number of anilines is 1. The number of rotatable bonds is 2. The van der Waals surface area contributed by atoms with E-state index in [2.05, 4.69) is 10.4 Å². The van der Waals surface area contributed by atoms with Gasteiger partial charge in [-0.25, -0.2) is 13.6 Å². The molecule has 1 aliphatic heterocycles. The zero-order valence-electron chi connectivity index (χ0n) is 14.1. The smallest absolute Gasteiger partial charge is 0.317 e. The quantitative estimate of drug-likeness (QED) is 0.701. The molecule has 8 heteroatoms. The molecule has 1 N–H and O–H groups in total. The fourth-order valence-corrected chi connectivity index (χ4v) is 3.18. The van der Waals surface area contributed by atoms with Gasteiger partial charge in [0.15, 0.2) is 0 Å². The molecule has 4 rings (SSSR count). The van der Waals surface area contributed by atoms with Gasteiger partial charge in [-0.15, -0.1) is 0 Å². The topological polar surface area (TPSA) is 50.2 Å². The molecule has 1 aromatic heterocycles. The molecule has 2 heterocycles. The highest BCUT2D eigenvalue weighted by Crippen LogP contribution is 2.27. The second-order valence-corrected chi connectivity index (χ2v) is 6.62. The van der Waals surface area contributed by atoms with Crippen molar-refractivity contribution in [3.8, 4) is 11.1 Å². The third-order valence-electron chi connectivity index (χ3n) is 4.48. The maximum absolute atomic E-state index is 13.6. The van der Waals surface area contributed by atoms with Gasteiger partial charge in [-0.3, -0.25) is 4.68 Å². The van der Waals surface area contributed by atoms with E-state index >= 15 is 0 Å². The number of nitrogens with one attached hydrogen (secondary N) is 1. The lowest BCUT2D eigenvalue weighted by Gasteiger charge is -2.28. The fraction of sp³-hybridized carbons (Fsp3) is 0.158. The zero-order chi connectivity index (χ0) is 19.0. The van der Waals surface area contributed by atoms with Gasteiger partial charge >= 0.3 is 6.03 Å². The molecule has 0 saturated carbocycles. The number of carbonyl (C=O) groups excluding carboxylic acids is 1. The minimum absolute atomic E-state index is 0.00110. The summed E-state index contributed by atoms with van der Waals surface area (Å²) in [6, 6.07) is 9.92. The Morgan fingerprint density at radius 3 is 2.63 bits per heavy atom. The van der Waals surface area contributed by atoms with E-state index in [0.29, 0.717) is 25.3 Å². The molecule has 0 radical (unpaired) electrons. The molecule has 0 saturated heterocycles. The highest BCUT2D eigenvalue weighted by atomic mass is 35.5. The van der Waals surface area contributed by atoms with Gasteiger partial charge in [0, 0.05) is 17.8 Å². The predicted octanol–water partition coefficient (Wildman–Crippen LogP) is 4.53. The summed E-state index contributed by atoms with van der Waals surface area (Å²) in [6.45, 7) is 1.35. The number of hydrogen-bond donors (Lipinski definition) is 1. The van der Waals surface area contributed by atoms with Crippen molar-refractivity contribution >= 4 is 23.3 Å². The normalized spacial score (nSPS) is 13.4. The van der Waals surface area contributed by atoms with Crippen LogP contribution in [0.3, 0.4) is 0 Å². The first-order valence-electron chi connectivity index (χ1n) is 8.33. The van der Waals surface area contributed by atoms with Gasteiger partial charge in [0.1, 0.15) is 11.6 Å². The van der Waals surface area contributed by atoms with Gasteiger partial charge in [0.2, 0.25) is 0 Å². The summed E-state index contributed by atoms with van der Waals surface area (Å²) in [6.07, 6.45) is 1.72. The minimum atomic E-state index is -0.593. The van der Waals surface area contributed by atoms with E-state index in [1.165, 1.54) is 24.3 Å². The summed E-state index contributed by atoms with van der Waals surface area (Å²) in [4.78, 5) is 14.2. The molecule has 138 valence electrons. The van der Waals surface area contributed by atoms with Crippen LogP contribution in [0.2, 0.25) is 5.02 Å². The van der Waals surface area contributed by atoms with E-state index in [1.807, 2.05) is 4.68 Å². The number of halogens is 3. The lowest BCUT2D eigenvalue weighted by molar-refractivity contribution is 0.194. The molecule has 5 nitrogen and oxygen atoms in total. The van der Waals surface area contributed by atoms with Crippen LogP contribution in [0.15, 0.2) is 48.7 Å². The number of urea groups is 1. The van der Waals surface area contributed by atoms with E-state index in [9.17, 15) is 13.6 Å². The fourth-order valence-electron chi connectivity index (χ4n) is 3.07. The van der Waals surface area contributed by atoms with E-state index in [1.54, 1.807) is 29.3 Å². The Labute approximate surface area is 159 Å². The molecule has 2 amide bonds. The van der Waals surface area contributed by atoms with Crippen LogP contribution in [-0.2, 0) is 13.1 Å². The Morgan fingerprint density at radius 1 is 1.11 bits per heavy atom. The number of benzene rings is 2. The molecule has 3 aromatic rings. The summed E-state index contributed by atoms with van der Waals surface area (Å²) in [5, 5.41) is 7.03. The molecule has 0 bridgehead atoms. The van der Waals surface area contributed by atoms with Crippen LogP contribution in [0.25, 0.3) is 11.1 Å². The van der Waals surface area contributed by atoms with E-state index in [-0.39, 0.29) is 16.9 Å². The number of hydrogen-bond acceptors (Lipinski definition) is 2. The molecule has 0 atom stereocenters. The third-order valence-corrected chi connectivity index (χ3v) is 4.79. The SMILES string of the molecule is O=C(Nc1ccc(Cl)c(F)c1)N1CCn2ncc(-c3ccc(F)cc3)c2C1. The summed E-state index contributed by atoms with van der Waals surface area (Å²) in [5.41, 5.74) is 2.88. The second-order valence-electron chi connectivity index (χ2n) is 6.22. The summed E-state index contributed by atoms with van der Waals surface area (Å²) < 4.78 is 28.6. The van der Waals surface area contributed by atoms with Crippen LogP contribution in [-0.4, -0.2) is 27.3 Å². The van der Waals surface area contributed by atoms with Crippen LogP contribution < -0.4 is 5.32 Å². The second kappa shape index (κ2) is 7.00. The summed E-state index contributed by atoms with van der Waals surface area (Å²) in [7, 11) is 0. The number of aromatic nitrogens is 2. The van der Waals surface area contributed by atoms with Crippen molar-refractivity contribution in [3.05, 3.63) is 71.0 Å². The van der Waals surface area contributed by atoms with Crippen molar-refractivity contribution in [2.75, 3.05) is 11.9 Å². The molecule has 0 aliphatic carbocycles. The van der Waals surface area contributed by atoms with Crippen LogP contribution in [0.1, 0.15) is 5.69 Å². The molecule has 0 spiro atoms. The molecular weight excluding hydrogens is 374 g/mol. The van der Waals surface area contributed by atoms with Gasteiger partial charge in [-0.05, 0) is 35.9 Å². The first-order chi connectivity index (χ1) is 13.0. The monoisotopic (exact) mass is 388 g/mol. The first kappa shape index (κ1) is 17.5. The van der Waals surface area contributed by atoms with Gasteiger partial charge in [0.25, 0.3) is 0 Å². The van der Waals surface area contributed by atoms with Gasteiger partial charge in [0.05, 0.1) is 30.0 Å². The number of carbonyl (C=O) groups is 1. The molecular formula is C19H15ClF2N4O. The molecule has 27 heavy (non-hydrogen) atoms. The van der Waals surface area contributed by atoms with Crippen LogP contribution >= 0.6 is 11.6 Å². The Hall–Kier alpha value is -2.93. The Kier molecular flexibility index (Phi) is 4.53. The van der Waals surface area contributed by atoms with Crippen molar-refractivity contribution < 1.29 is 13.6 Å². The number of nitrogens with zero attached hydrogens (tertiary/aromatic N) is 3. The molecule has 1 aliphatic rings. The highest BCUT2D eigenvalue weighted by Gasteiger charge is 2.24. The van der Waals surface area contributed by atoms with Crippen molar-refractivity contribution in [2.45, 2.75) is 13.1 Å². The first-order valence-corrected chi connectivity index (χ1v) is 8.70. The summed E-state index contributed by atoms with van der Waals surface area (Å²) >= 11 is 5.66. The number of amides is 2. The van der Waals surface area contributed by atoms with Gasteiger partial charge < -0.3 is 10.2 Å². The van der Waals surface area contributed by atoms with E-state index < -0.39 is 5.82 Å². The average Bonchev–Trinajstić information content (AvgIpc) is 3.08. The Balaban J connectivity index is 1.53. The highest BCUT2D eigenvalue weighted by molar-refractivity contribution is 6.30. The average molecular weight is 389 g/mol. The Morgan fingerprint density at radius 2 is 1.89 bits per heavy atom. The van der Waals surface area contributed by atoms with Gasteiger partial charge in [-0.1, -0.05) is 23.7 Å². The standard InChI is InChI=1S/C19H15ClF2N4O/c20-16-6-5-14(9-17(16)22)24-19(27)25-7-8-26-18(11-25)15(10-23-26)12-1-3-13(21)4-2-12/h1-6,9-10H,7-8,11H2,(H,24,27). The predicted molar refractivity (Wildman–Crippen MR) is 98.5 cm³/mol. The summed E-state index contributed by atoms with van der Waals surface area (Å²) in [5.74, 6) is -0.902. The lowest BCUT2D eigenvalue weighted by atomic mass is 10.1. The molecule has 0 fully saturated rings. The van der Waals surface area contributed by atoms with E-state index in [4.69, 9.17) is 11.6 Å². The van der Waals surface area contributed by atoms with Crippen LogP contribution in [0.5, 0.6) is 0 Å². The van der Waals surface area contributed by atoms with Gasteiger partial charge in [-0.2, -0.15) is 5.10 Å². The zero-order valence-corrected chi connectivity index (χ0v) is 14.9.